The van der Waals surface area contributed by atoms with Crippen molar-refractivity contribution in [3.05, 3.63) is 0 Å². The van der Waals surface area contributed by atoms with Gasteiger partial charge in [0.05, 0.1) is 0 Å². The van der Waals surface area contributed by atoms with Crippen molar-refractivity contribution in [2.24, 2.45) is 17.6 Å². The van der Waals surface area contributed by atoms with Crippen molar-refractivity contribution in [2.45, 2.75) is 32.7 Å². The monoisotopic (exact) mass is 217 g/mol. The lowest BCUT2D eigenvalue weighted by atomic mass is 9.94. The lowest BCUT2D eigenvalue weighted by Gasteiger charge is -2.27. The van der Waals surface area contributed by atoms with Crippen LogP contribution in [0.4, 0.5) is 0 Å². The van der Waals surface area contributed by atoms with Crippen LogP contribution in [0.2, 0.25) is 0 Å². The van der Waals surface area contributed by atoms with Gasteiger partial charge in [0.1, 0.15) is 0 Å². The van der Waals surface area contributed by atoms with E-state index in [0.717, 1.165) is 37.7 Å². The zero-order valence-corrected chi connectivity index (χ0v) is 10.2. The molecule has 0 amide bonds. The molecule has 14 heavy (non-hydrogen) atoms. The summed E-state index contributed by atoms with van der Waals surface area (Å²) in [4.78, 5) is 0. The highest BCUT2D eigenvalue weighted by Gasteiger charge is 2.20. The van der Waals surface area contributed by atoms with Crippen LogP contribution in [-0.2, 0) is 4.74 Å². The summed E-state index contributed by atoms with van der Waals surface area (Å²) in [6.07, 6.45) is 2.31. The number of hydrogen-bond donors (Lipinski definition) is 1. The van der Waals surface area contributed by atoms with E-state index in [-0.39, 0.29) is 0 Å². The van der Waals surface area contributed by atoms with Crippen molar-refractivity contribution < 1.29 is 4.74 Å². The predicted octanol–water partition coefficient (Wildman–Crippen LogP) is 2.13. The highest BCUT2D eigenvalue weighted by molar-refractivity contribution is 7.99. The Bertz CT molecular complexity index is 146. The van der Waals surface area contributed by atoms with Crippen molar-refractivity contribution in [3.8, 4) is 0 Å². The van der Waals surface area contributed by atoms with E-state index in [1.165, 1.54) is 5.75 Å². The summed E-state index contributed by atoms with van der Waals surface area (Å²) in [6.45, 7) is 6.33. The van der Waals surface area contributed by atoms with Crippen LogP contribution in [0.3, 0.4) is 0 Å². The molecule has 0 aromatic heterocycles. The molecular weight excluding hydrogens is 194 g/mol. The second kappa shape index (κ2) is 6.70. The number of ether oxygens (including phenoxy) is 1. The average Bonchev–Trinajstić information content (AvgIpc) is 2.18. The van der Waals surface area contributed by atoms with Gasteiger partial charge in [-0.3, -0.25) is 0 Å². The molecule has 1 aliphatic rings. The van der Waals surface area contributed by atoms with Gasteiger partial charge in [-0.15, -0.1) is 0 Å². The topological polar surface area (TPSA) is 35.2 Å². The molecule has 0 aliphatic carbocycles. The molecule has 1 rings (SSSR count). The number of thioether (sulfide) groups is 1. The van der Waals surface area contributed by atoms with E-state index in [4.69, 9.17) is 10.5 Å². The van der Waals surface area contributed by atoms with Crippen LogP contribution in [-0.4, -0.2) is 30.8 Å². The van der Waals surface area contributed by atoms with Crippen LogP contribution in [0.25, 0.3) is 0 Å². The molecule has 0 aromatic carbocycles. The molecule has 1 atom stereocenters. The van der Waals surface area contributed by atoms with Crippen LogP contribution in [0.5, 0.6) is 0 Å². The fourth-order valence-electron chi connectivity index (χ4n) is 1.72. The molecule has 2 N–H and O–H groups in total. The highest BCUT2D eigenvalue weighted by Crippen LogP contribution is 2.20. The summed E-state index contributed by atoms with van der Waals surface area (Å²) < 4.78 is 5.33. The number of nitrogens with two attached hydrogens (primary N) is 1. The Balaban J connectivity index is 2.10. The Morgan fingerprint density at radius 3 is 2.50 bits per heavy atom. The molecule has 0 bridgehead atoms. The van der Waals surface area contributed by atoms with Gasteiger partial charge in [0.2, 0.25) is 0 Å². The average molecular weight is 217 g/mol. The molecule has 1 aliphatic heterocycles. The third-order valence-corrected chi connectivity index (χ3v) is 4.16. The summed E-state index contributed by atoms with van der Waals surface area (Å²) in [6, 6.07) is 0.377. The van der Waals surface area contributed by atoms with E-state index in [0.29, 0.717) is 12.0 Å². The summed E-state index contributed by atoms with van der Waals surface area (Å²) in [5.74, 6) is 3.82. The maximum absolute atomic E-state index is 6.16. The SMILES string of the molecule is CC(C)CSCC(N)C1CCOCC1. The van der Waals surface area contributed by atoms with Gasteiger partial charge in [-0.2, -0.15) is 11.8 Å². The van der Waals surface area contributed by atoms with Gasteiger partial charge >= 0.3 is 0 Å². The Kier molecular flexibility index (Phi) is 5.90. The van der Waals surface area contributed by atoms with Crippen molar-refractivity contribution in [1.82, 2.24) is 0 Å². The molecule has 1 fully saturated rings. The van der Waals surface area contributed by atoms with E-state index >= 15 is 0 Å². The molecule has 0 aromatic rings. The summed E-state index contributed by atoms with van der Waals surface area (Å²) in [5.41, 5.74) is 6.16. The molecule has 1 unspecified atom stereocenters. The van der Waals surface area contributed by atoms with Crippen molar-refractivity contribution in [3.63, 3.8) is 0 Å². The minimum Gasteiger partial charge on any atom is -0.381 e. The largest absolute Gasteiger partial charge is 0.381 e. The molecule has 0 saturated carbocycles. The van der Waals surface area contributed by atoms with Gasteiger partial charge in [-0.25, -0.2) is 0 Å². The quantitative estimate of drug-likeness (QED) is 0.766. The Morgan fingerprint density at radius 1 is 1.29 bits per heavy atom. The van der Waals surface area contributed by atoms with Gasteiger partial charge in [-0.05, 0) is 30.4 Å². The molecule has 2 nitrogen and oxygen atoms in total. The second-order valence-corrected chi connectivity index (χ2v) is 5.62. The zero-order chi connectivity index (χ0) is 10.4. The van der Waals surface area contributed by atoms with Crippen LogP contribution < -0.4 is 5.73 Å². The van der Waals surface area contributed by atoms with Gasteiger partial charge in [-0.1, -0.05) is 13.8 Å². The predicted molar refractivity (Wildman–Crippen MR) is 63.7 cm³/mol. The third kappa shape index (κ3) is 4.67. The summed E-state index contributed by atoms with van der Waals surface area (Å²) in [7, 11) is 0. The summed E-state index contributed by atoms with van der Waals surface area (Å²) >= 11 is 2.00. The first kappa shape index (κ1) is 12.3. The molecule has 0 spiro atoms. The van der Waals surface area contributed by atoms with Gasteiger partial charge < -0.3 is 10.5 Å². The van der Waals surface area contributed by atoms with Crippen molar-refractivity contribution >= 4 is 11.8 Å². The van der Waals surface area contributed by atoms with E-state index in [2.05, 4.69) is 13.8 Å². The minimum atomic E-state index is 0.377. The highest BCUT2D eigenvalue weighted by atomic mass is 32.2. The van der Waals surface area contributed by atoms with E-state index in [9.17, 15) is 0 Å². The zero-order valence-electron chi connectivity index (χ0n) is 9.37. The van der Waals surface area contributed by atoms with Crippen LogP contribution in [0.15, 0.2) is 0 Å². The van der Waals surface area contributed by atoms with Gasteiger partial charge in [0.15, 0.2) is 0 Å². The summed E-state index contributed by atoms with van der Waals surface area (Å²) in [5, 5.41) is 0. The smallest absolute Gasteiger partial charge is 0.0469 e. The fourth-order valence-corrected chi connectivity index (χ4v) is 2.87. The first-order chi connectivity index (χ1) is 6.70. The fraction of sp³-hybridized carbons (Fsp3) is 1.00. The number of hydrogen-bond acceptors (Lipinski definition) is 3. The molecule has 1 saturated heterocycles. The van der Waals surface area contributed by atoms with E-state index in [1.54, 1.807) is 0 Å². The first-order valence-electron chi connectivity index (χ1n) is 5.61. The Hall–Kier alpha value is 0.270. The molecular formula is C11H23NOS. The van der Waals surface area contributed by atoms with Crippen molar-refractivity contribution in [2.75, 3.05) is 24.7 Å². The molecule has 1 heterocycles. The van der Waals surface area contributed by atoms with E-state index < -0.39 is 0 Å². The number of rotatable bonds is 5. The maximum Gasteiger partial charge on any atom is 0.0469 e. The van der Waals surface area contributed by atoms with Crippen molar-refractivity contribution in [1.29, 1.82) is 0 Å². The third-order valence-electron chi connectivity index (χ3n) is 2.63. The second-order valence-electron chi connectivity index (χ2n) is 4.54. The normalized spacial score (nSPS) is 21.4. The molecule has 0 radical (unpaired) electrons. The van der Waals surface area contributed by atoms with Gasteiger partial charge in [0.25, 0.3) is 0 Å². The van der Waals surface area contributed by atoms with Crippen LogP contribution in [0, 0.1) is 11.8 Å². The standard InChI is InChI=1S/C11H23NOS/c1-9(2)7-14-8-11(12)10-3-5-13-6-4-10/h9-11H,3-8,12H2,1-2H3. The molecule has 3 heteroatoms. The Labute approximate surface area is 92.0 Å². The maximum atomic E-state index is 6.16. The lowest BCUT2D eigenvalue weighted by molar-refractivity contribution is 0.0607. The molecule has 84 valence electrons. The first-order valence-corrected chi connectivity index (χ1v) is 6.76. The Morgan fingerprint density at radius 2 is 1.93 bits per heavy atom. The van der Waals surface area contributed by atoms with Crippen LogP contribution >= 0.6 is 11.8 Å². The van der Waals surface area contributed by atoms with Gasteiger partial charge in [0, 0.05) is 25.0 Å². The lowest BCUT2D eigenvalue weighted by Crippen LogP contribution is -2.36. The minimum absolute atomic E-state index is 0.377. The van der Waals surface area contributed by atoms with E-state index in [1.807, 2.05) is 11.8 Å². The van der Waals surface area contributed by atoms with Crippen LogP contribution in [0.1, 0.15) is 26.7 Å².